The largest absolute Gasteiger partial charge is 0.502 e. The normalized spacial score (nSPS) is 13.1. The SMILES string of the molecule is CC(C)Oc1c([CH]=[Ru]([Cl])[Cl])cccc1-c1ccccc1.Cc1cc(C)c(N2[CH-]N(c3c(C)cc(C)cc3C)CC2)c(C)c1. The molecule has 5 rings (SSSR count). The minimum absolute atomic E-state index is 0.0957. The van der Waals surface area contributed by atoms with E-state index in [4.69, 9.17) is 24.1 Å². The van der Waals surface area contributed by atoms with Crippen LogP contribution in [0.2, 0.25) is 0 Å². The van der Waals surface area contributed by atoms with Gasteiger partial charge in [-0.2, -0.15) is 6.67 Å². The third-order valence-electron chi connectivity index (χ3n) is 7.38. The van der Waals surface area contributed by atoms with Crippen LogP contribution < -0.4 is 14.5 Å². The van der Waals surface area contributed by atoms with E-state index in [1.807, 2.05) is 48.8 Å². The van der Waals surface area contributed by atoms with Gasteiger partial charge in [0.05, 0.1) is 0 Å². The number of anilines is 2. The third-order valence-corrected chi connectivity index (χ3v) is 9.21. The summed E-state index contributed by atoms with van der Waals surface area (Å²) in [7, 11) is 12.0. The first kappa shape index (κ1) is 33.3. The van der Waals surface area contributed by atoms with Crippen molar-refractivity contribution in [1.82, 2.24) is 0 Å². The molecule has 1 aliphatic heterocycles. The van der Waals surface area contributed by atoms with Crippen LogP contribution in [0, 0.1) is 48.2 Å². The molecule has 0 aromatic heterocycles. The summed E-state index contributed by atoms with van der Waals surface area (Å²) in [5.41, 5.74) is 14.0. The smallest absolute Gasteiger partial charge is 0.0146 e. The number of hydrogen-bond donors (Lipinski definition) is 0. The first-order chi connectivity index (χ1) is 20.4. The Balaban J connectivity index is 0.000000199. The third kappa shape index (κ3) is 8.50. The Morgan fingerprint density at radius 1 is 0.721 bits per heavy atom. The van der Waals surface area contributed by atoms with Crippen LogP contribution in [0.1, 0.15) is 52.8 Å². The molecule has 0 amide bonds. The molecule has 4 aromatic carbocycles. The molecule has 0 atom stereocenters. The van der Waals surface area contributed by atoms with Gasteiger partial charge in [-0.1, -0.05) is 35.4 Å². The van der Waals surface area contributed by atoms with E-state index >= 15 is 0 Å². The first-order valence-electron chi connectivity index (χ1n) is 14.7. The van der Waals surface area contributed by atoms with Crippen LogP contribution in [0.3, 0.4) is 0 Å². The van der Waals surface area contributed by atoms with Gasteiger partial charge in [0, 0.05) is 24.5 Å². The Labute approximate surface area is 271 Å². The van der Waals surface area contributed by atoms with Gasteiger partial charge >= 0.3 is 133 Å². The van der Waals surface area contributed by atoms with Crippen molar-refractivity contribution >= 4 is 35.4 Å². The van der Waals surface area contributed by atoms with Crippen molar-refractivity contribution < 1.29 is 18.3 Å². The molecule has 230 valence electrons. The minimum Gasteiger partial charge on any atom is -0.502 e. The molecule has 3 nitrogen and oxygen atoms in total. The van der Waals surface area contributed by atoms with Crippen molar-refractivity contribution in [3.63, 3.8) is 0 Å². The van der Waals surface area contributed by atoms with Crippen LogP contribution in [0.25, 0.3) is 11.1 Å². The summed E-state index contributed by atoms with van der Waals surface area (Å²) in [6.45, 7) is 21.6. The zero-order valence-electron chi connectivity index (χ0n) is 26.5. The van der Waals surface area contributed by atoms with Crippen molar-refractivity contribution in [1.29, 1.82) is 0 Å². The predicted molar refractivity (Wildman–Crippen MR) is 185 cm³/mol. The Bertz CT molecular complexity index is 1490. The predicted octanol–water partition coefficient (Wildman–Crippen LogP) is 10.2. The van der Waals surface area contributed by atoms with Crippen molar-refractivity contribution in [2.75, 3.05) is 22.9 Å². The molecular weight excluding hydrogens is 660 g/mol. The van der Waals surface area contributed by atoms with Gasteiger partial charge in [-0.05, 0) is 63.8 Å². The Kier molecular flexibility index (Phi) is 11.5. The number of para-hydroxylation sites is 1. The second-order valence-corrected chi connectivity index (χ2v) is 17.3. The van der Waals surface area contributed by atoms with E-state index in [9.17, 15) is 0 Å². The van der Waals surface area contributed by atoms with Gasteiger partial charge < -0.3 is 9.80 Å². The van der Waals surface area contributed by atoms with Crippen LogP contribution >= 0.6 is 19.4 Å². The number of aryl methyl sites for hydroxylation is 6. The Morgan fingerprint density at radius 2 is 1.21 bits per heavy atom. The summed E-state index contributed by atoms with van der Waals surface area (Å²) in [6.07, 6.45) is 0.0957. The Morgan fingerprint density at radius 3 is 1.65 bits per heavy atom. The maximum absolute atomic E-state index is 6.02. The van der Waals surface area contributed by atoms with Gasteiger partial charge in [0.2, 0.25) is 0 Å². The van der Waals surface area contributed by atoms with E-state index < -0.39 is 13.5 Å². The molecule has 4 aromatic rings. The molecule has 0 radical (unpaired) electrons. The summed E-state index contributed by atoms with van der Waals surface area (Å²) >= 11 is -1.89. The number of rotatable bonds is 6. The van der Waals surface area contributed by atoms with Gasteiger partial charge in [-0.3, -0.25) is 0 Å². The summed E-state index contributed by atoms with van der Waals surface area (Å²) in [5, 5.41) is 0. The molecule has 0 spiro atoms. The van der Waals surface area contributed by atoms with Crippen LogP contribution in [0.4, 0.5) is 11.4 Å². The fourth-order valence-electron chi connectivity index (χ4n) is 6.02. The van der Waals surface area contributed by atoms with Gasteiger partial charge in [0.15, 0.2) is 0 Å². The second-order valence-electron chi connectivity index (χ2n) is 11.6. The zero-order valence-corrected chi connectivity index (χ0v) is 29.7. The van der Waals surface area contributed by atoms with E-state index in [0.717, 1.165) is 35.5 Å². The number of nitrogens with zero attached hydrogens (tertiary/aromatic N) is 2. The zero-order chi connectivity index (χ0) is 31.3. The average molecular weight is 704 g/mol. The number of halogens is 2. The van der Waals surface area contributed by atoms with E-state index in [1.165, 1.54) is 44.8 Å². The summed E-state index contributed by atoms with van der Waals surface area (Å²) in [4.78, 5) is 4.81. The number of hydrogen-bond acceptors (Lipinski definition) is 3. The van der Waals surface area contributed by atoms with Crippen LogP contribution in [0.15, 0.2) is 72.8 Å². The van der Waals surface area contributed by atoms with Crippen LogP contribution in [-0.4, -0.2) is 23.8 Å². The maximum Gasteiger partial charge on any atom is 0.0146 e. The molecule has 0 bridgehead atoms. The van der Waals surface area contributed by atoms with E-state index in [-0.39, 0.29) is 6.10 Å². The molecule has 1 heterocycles. The number of benzene rings is 4. The van der Waals surface area contributed by atoms with Crippen molar-refractivity contribution in [2.45, 2.75) is 61.5 Å². The fraction of sp³-hybridized carbons (Fsp3) is 0.297. The fourth-order valence-corrected chi connectivity index (χ4v) is 7.81. The molecule has 0 N–H and O–H groups in total. The quantitative estimate of drug-likeness (QED) is 0.147. The van der Waals surface area contributed by atoms with Crippen molar-refractivity contribution in [2.24, 2.45) is 0 Å². The van der Waals surface area contributed by atoms with Gasteiger partial charge in [0.25, 0.3) is 0 Å². The maximum atomic E-state index is 6.02. The molecule has 1 aliphatic rings. The molecule has 0 aliphatic carbocycles. The molecular formula is C37H43Cl2N2ORu-. The first-order valence-corrected chi connectivity index (χ1v) is 20.1. The topological polar surface area (TPSA) is 15.7 Å². The van der Waals surface area contributed by atoms with Crippen molar-refractivity contribution in [3.8, 4) is 16.9 Å². The number of ether oxygens (including phenoxy) is 1. The van der Waals surface area contributed by atoms with Crippen LogP contribution in [-0.2, 0) is 13.5 Å². The van der Waals surface area contributed by atoms with E-state index in [1.54, 1.807) is 0 Å². The average Bonchev–Trinajstić information content (AvgIpc) is 3.37. The molecule has 6 heteroatoms. The van der Waals surface area contributed by atoms with Gasteiger partial charge in [-0.15, -0.1) is 0 Å². The molecule has 1 saturated heterocycles. The monoisotopic (exact) mass is 703 g/mol. The summed E-state index contributed by atoms with van der Waals surface area (Å²) in [5.74, 6) is 0.855. The van der Waals surface area contributed by atoms with Gasteiger partial charge in [-0.25, -0.2) is 0 Å². The second kappa shape index (κ2) is 14.9. The standard InChI is InChI=1S/C21H27N2.C16H16O.2ClH.Ru/c1-14-9-16(3)20(17(4)10-14)22-7-8-23(13-22)21-18(5)11-15(2)12-19(21)6;1-12(2)17-16-13(3)8-7-11-15(16)14-9-5-4-6-10-14;;;/h9-13H,7-8H2,1-6H3;3-12H,1-2H3;2*1H;/q-1;;;;+2/p-2. The Hall–Kier alpha value is -2.65. The van der Waals surface area contributed by atoms with E-state index in [0.29, 0.717) is 0 Å². The van der Waals surface area contributed by atoms with E-state index in [2.05, 4.69) is 100 Å². The molecule has 0 saturated carbocycles. The van der Waals surface area contributed by atoms with Gasteiger partial charge in [0.1, 0.15) is 0 Å². The van der Waals surface area contributed by atoms with Crippen molar-refractivity contribution in [3.05, 3.63) is 118 Å². The molecule has 1 fully saturated rings. The summed E-state index contributed by atoms with van der Waals surface area (Å²) < 4.78 is 7.93. The minimum atomic E-state index is -1.89. The molecule has 43 heavy (non-hydrogen) atoms. The molecule has 0 unspecified atom stereocenters. The van der Waals surface area contributed by atoms with Crippen LogP contribution in [0.5, 0.6) is 5.75 Å². The summed E-state index contributed by atoms with van der Waals surface area (Å²) in [6, 6.07) is 25.4.